The summed E-state index contributed by atoms with van der Waals surface area (Å²) in [6.45, 7) is 1.97. The van der Waals surface area contributed by atoms with E-state index in [1.54, 1.807) is 0 Å². The van der Waals surface area contributed by atoms with Crippen LogP contribution in [0, 0.1) is 35.0 Å². The lowest BCUT2D eigenvalue weighted by Crippen LogP contribution is -2.14. The van der Waals surface area contributed by atoms with E-state index in [0.717, 1.165) is 38.2 Å². The summed E-state index contributed by atoms with van der Waals surface area (Å²) < 4.78 is 75.4. The van der Waals surface area contributed by atoms with E-state index in [1.807, 2.05) is 0 Å². The maximum absolute atomic E-state index is 14.7. The van der Waals surface area contributed by atoms with E-state index in [0.29, 0.717) is 17.0 Å². The van der Waals surface area contributed by atoms with Gasteiger partial charge in [0.15, 0.2) is 34.8 Å². The second-order valence-electron chi connectivity index (χ2n) is 8.65. The third-order valence-corrected chi connectivity index (χ3v) is 6.46. The topological polar surface area (TPSA) is 9.23 Å². The molecule has 6 heteroatoms. The molecule has 0 spiro atoms. The van der Waals surface area contributed by atoms with Gasteiger partial charge in [0.25, 0.3) is 0 Å². The average molecular weight is 448 g/mol. The van der Waals surface area contributed by atoms with Crippen molar-refractivity contribution in [2.75, 3.05) is 0 Å². The van der Waals surface area contributed by atoms with Crippen LogP contribution in [-0.4, -0.2) is 0 Å². The van der Waals surface area contributed by atoms with Crippen LogP contribution in [0.1, 0.15) is 62.5 Å². The molecule has 0 N–H and O–H groups in total. The van der Waals surface area contributed by atoms with Gasteiger partial charge in [-0.15, -0.1) is 0 Å². The van der Waals surface area contributed by atoms with Crippen LogP contribution in [0.4, 0.5) is 22.0 Å². The number of hydrogen-bond acceptors (Lipinski definition) is 1. The van der Waals surface area contributed by atoms with Crippen LogP contribution >= 0.6 is 0 Å². The summed E-state index contributed by atoms with van der Waals surface area (Å²) >= 11 is 0. The fourth-order valence-electron chi connectivity index (χ4n) is 4.75. The van der Waals surface area contributed by atoms with Gasteiger partial charge >= 0.3 is 0 Å². The third-order valence-electron chi connectivity index (χ3n) is 6.46. The molecule has 32 heavy (non-hydrogen) atoms. The highest BCUT2D eigenvalue weighted by atomic mass is 19.2. The summed E-state index contributed by atoms with van der Waals surface area (Å²) in [6.07, 6.45) is 6.36. The van der Waals surface area contributed by atoms with E-state index in [9.17, 15) is 22.0 Å². The molecule has 0 saturated heterocycles. The second-order valence-corrected chi connectivity index (χ2v) is 8.65. The van der Waals surface area contributed by atoms with Gasteiger partial charge in [-0.2, -0.15) is 0 Å². The summed E-state index contributed by atoms with van der Waals surface area (Å²) in [7, 11) is 0. The first kappa shape index (κ1) is 22.6. The summed E-state index contributed by atoms with van der Waals surface area (Å²) in [5.41, 5.74) is 1.10. The number of benzene rings is 3. The molecule has 0 heterocycles. The maximum atomic E-state index is 14.7. The van der Waals surface area contributed by atoms with Gasteiger partial charge in [0.05, 0.1) is 0 Å². The molecule has 0 aliphatic heterocycles. The molecule has 0 amide bonds. The maximum Gasteiger partial charge on any atom is 0.195 e. The number of halogens is 5. The van der Waals surface area contributed by atoms with Crippen LogP contribution in [0.15, 0.2) is 36.4 Å². The van der Waals surface area contributed by atoms with Crippen LogP contribution in [0.25, 0.3) is 10.8 Å². The Hall–Kier alpha value is -2.63. The van der Waals surface area contributed by atoms with Crippen LogP contribution in [-0.2, 0) is 6.61 Å². The molecule has 0 radical (unpaired) electrons. The van der Waals surface area contributed by atoms with Gasteiger partial charge < -0.3 is 4.74 Å². The molecule has 1 aliphatic rings. The standard InChI is InChI=1S/C26H25F5O/c1-2-3-15-4-7-17(8-5-15)18-11-22(28)26(23(29)12-18)32-14-16-6-9-20-19(10-16)13-21(27)25(31)24(20)30/h6,9-13,15,17H,2-5,7-8,14H2,1H3. The largest absolute Gasteiger partial charge is 0.483 e. The van der Waals surface area contributed by atoms with Gasteiger partial charge in [0.1, 0.15) is 6.61 Å². The predicted molar refractivity (Wildman–Crippen MR) is 114 cm³/mol. The van der Waals surface area contributed by atoms with Gasteiger partial charge in [0, 0.05) is 5.39 Å². The SMILES string of the molecule is CCCC1CCC(c2cc(F)c(OCc3ccc4c(F)c(F)c(F)cc4c3)c(F)c2)CC1. The Balaban J connectivity index is 1.47. The average Bonchev–Trinajstić information content (AvgIpc) is 2.77. The number of rotatable bonds is 6. The molecule has 3 aromatic carbocycles. The van der Waals surface area contributed by atoms with Gasteiger partial charge in [-0.1, -0.05) is 31.9 Å². The second kappa shape index (κ2) is 9.47. The molecule has 0 atom stereocenters. The Kier molecular flexibility index (Phi) is 6.68. The van der Waals surface area contributed by atoms with Crippen molar-refractivity contribution in [2.45, 2.75) is 58.0 Å². The van der Waals surface area contributed by atoms with E-state index < -0.39 is 34.8 Å². The lowest BCUT2D eigenvalue weighted by atomic mass is 9.77. The molecule has 1 fully saturated rings. The zero-order valence-electron chi connectivity index (χ0n) is 17.9. The molecule has 0 unspecified atom stereocenters. The molecule has 0 bridgehead atoms. The van der Waals surface area contributed by atoms with E-state index >= 15 is 0 Å². The van der Waals surface area contributed by atoms with E-state index in [4.69, 9.17) is 4.74 Å². The van der Waals surface area contributed by atoms with Crippen molar-refractivity contribution in [1.29, 1.82) is 0 Å². The van der Waals surface area contributed by atoms with Crippen LogP contribution in [0.3, 0.4) is 0 Å². The van der Waals surface area contributed by atoms with Crippen molar-refractivity contribution in [1.82, 2.24) is 0 Å². The van der Waals surface area contributed by atoms with Crippen molar-refractivity contribution in [3.63, 3.8) is 0 Å². The van der Waals surface area contributed by atoms with Crippen molar-refractivity contribution >= 4 is 10.8 Å². The van der Waals surface area contributed by atoms with E-state index in [2.05, 4.69) is 6.92 Å². The van der Waals surface area contributed by atoms with E-state index in [-0.39, 0.29) is 23.3 Å². The molecule has 170 valence electrons. The molecular formula is C26H25F5O. The molecular weight excluding hydrogens is 423 g/mol. The summed E-state index contributed by atoms with van der Waals surface area (Å²) in [4.78, 5) is 0. The molecule has 4 rings (SSSR count). The minimum absolute atomic E-state index is 0.0805. The Labute approximate surface area is 184 Å². The van der Waals surface area contributed by atoms with Crippen molar-refractivity contribution < 1.29 is 26.7 Å². The smallest absolute Gasteiger partial charge is 0.195 e. The Bertz CT molecular complexity index is 1100. The van der Waals surface area contributed by atoms with Crippen LogP contribution in [0.2, 0.25) is 0 Å². The van der Waals surface area contributed by atoms with Crippen molar-refractivity contribution in [2.24, 2.45) is 5.92 Å². The molecule has 0 aromatic heterocycles. The molecule has 1 nitrogen and oxygen atoms in total. The van der Waals surface area contributed by atoms with Crippen LogP contribution < -0.4 is 4.74 Å². The summed E-state index contributed by atoms with van der Waals surface area (Å²) in [6, 6.07) is 7.70. The predicted octanol–water partition coefficient (Wildman–Crippen LogP) is 8.19. The summed E-state index contributed by atoms with van der Waals surface area (Å²) in [5.74, 6) is -5.28. The van der Waals surface area contributed by atoms with Gasteiger partial charge in [-0.3, -0.25) is 0 Å². The number of hydrogen-bond donors (Lipinski definition) is 0. The van der Waals surface area contributed by atoms with Gasteiger partial charge in [0.2, 0.25) is 0 Å². The Morgan fingerprint density at radius 3 is 2.16 bits per heavy atom. The molecule has 3 aromatic rings. The Morgan fingerprint density at radius 1 is 0.812 bits per heavy atom. The molecule has 1 saturated carbocycles. The van der Waals surface area contributed by atoms with Gasteiger partial charge in [-0.05, 0) is 78.3 Å². The van der Waals surface area contributed by atoms with Crippen molar-refractivity contribution in [3.05, 3.63) is 76.6 Å². The number of ether oxygens (including phenoxy) is 1. The first-order chi connectivity index (χ1) is 15.4. The third kappa shape index (κ3) is 4.59. The summed E-state index contributed by atoms with van der Waals surface area (Å²) in [5, 5.41) is 0.0560. The first-order valence-corrected chi connectivity index (χ1v) is 11.0. The fourth-order valence-corrected chi connectivity index (χ4v) is 4.75. The number of fused-ring (bicyclic) bond motifs is 1. The fraction of sp³-hybridized carbons (Fsp3) is 0.385. The zero-order valence-corrected chi connectivity index (χ0v) is 17.9. The highest BCUT2D eigenvalue weighted by Gasteiger charge is 2.24. The van der Waals surface area contributed by atoms with Gasteiger partial charge in [-0.25, -0.2) is 22.0 Å². The lowest BCUT2D eigenvalue weighted by Gasteiger charge is -2.28. The highest BCUT2D eigenvalue weighted by Crippen LogP contribution is 2.39. The Morgan fingerprint density at radius 2 is 1.50 bits per heavy atom. The minimum atomic E-state index is -1.54. The monoisotopic (exact) mass is 448 g/mol. The lowest BCUT2D eigenvalue weighted by molar-refractivity contribution is 0.272. The highest BCUT2D eigenvalue weighted by molar-refractivity contribution is 5.84. The quantitative estimate of drug-likeness (QED) is 0.273. The first-order valence-electron chi connectivity index (χ1n) is 11.0. The minimum Gasteiger partial charge on any atom is -0.483 e. The normalized spacial score (nSPS) is 18.8. The van der Waals surface area contributed by atoms with Crippen molar-refractivity contribution in [3.8, 4) is 5.75 Å². The molecule has 1 aliphatic carbocycles. The van der Waals surface area contributed by atoms with Crippen LogP contribution in [0.5, 0.6) is 5.75 Å². The van der Waals surface area contributed by atoms with E-state index in [1.165, 1.54) is 36.8 Å². The zero-order chi connectivity index (χ0) is 22.8.